The van der Waals surface area contributed by atoms with Gasteiger partial charge < -0.3 is 10.1 Å². The number of aryl methyl sites for hydroxylation is 1. The van der Waals surface area contributed by atoms with Gasteiger partial charge in [0.1, 0.15) is 17.4 Å². The van der Waals surface area contributed by atoms with Crippen LogP contribution in [0.1, 0.15) is 23.2 Å². The van der Waals surface area contributed by atoms with E-state index < -0.39 is 0 Å². The molecule has 0 bridgehead atoms. The average Bonchev–Trinajstić information content (AvgIpc) is 3.09. The largest absolute Gasteiger partial charge is 0.486 e. The summed E-state index contributed by atoms with van der Waals surface area (Å²) in [5.41, 5.74) is 2.73. The monoisotopic (exact) mass is 386 g/mol. The maximum atomic E-state index is 12.3. The van der Waals surface area contributed by atoms with E-state index >= 15 is 0 Å². The smallest absolute Gasteiger partial charge is 0.230 e. The highest BCUT2D eigenvalue weighted by Crippen LogP contribution is 2.19. The van der Waals surface area contributed by atoms with Crippen molar-refractivity contribution in [3.8, 4) is 5.75 Å². The van der Waals surface area contributed by atoms with Gasteiger partial charge in [-0.1, -0.05) is 36.7 Å². The molecule has 0 atom stereocenters. The molecule has 26 heavy (non-hydrogen) atoms. The third-order valence-electron chi connectivity index (χ3n) is 3.79. The van der Waals surface area contributed by atoms with E-state index in [0.717, 1.165) is 34.1 Å². The van der Waals surface area contributed by atoms with Crippen molar-refractivity contribution in [2.24, 2.45) is 0 Å². The fourth-order valence-corrected chi connectivity index (χ4v) is 3.31. The van der Waals surface area contributed by atoms with Crippen LogP contribution in [0.3, 0.4) is 0 Å². The zero-order valence-corrected chi connectivity index (χ0v) is 15.9. The summed E-state index contributed by atoms with van der Waals surface area (Å²) in [6, 6.07) is 15.0. The fraction of sp³-hybridized carbons (Fsp3) is 0.200. The Balaban J connectivity index is 1.54. The van der Waals surface area contributed by atoms with Crippen molar-refractivity contribution in [1.82, 2.24) is 4.98 Å². The van der Waals surface area contributed by atoms with Crippen LogP contribution in [0.5, 0.6) is 5.75 Å². The highest BCUT2D eigenvalue weighted by molar-refractivity contribution is 7.09. The molecule has 1 N–H and O–H groups in total. The Morgan fingerprint density at radius 2 is 1.96 bits per heavy atom. The van der Waals surface area contributed by atoms with E-state index in [1.54, 1.807) is 12.1 Å². The van der Waals surface area contributed by atoms with Gasteiger partial charge in [-0.3, -0.25) is 4.79 Å². The molecule has 2 aromatic carbocycles. The summed E-state index contributed by atoms with van der Waals surface area (Å²) in [6.07, 6.45) is 1.12. The second-order valence-electron chi connectivity index (χ2n) is 5.71. The van der Waals surface area contributed by atoms with Crippen molar-refractivity contribution in [1.29, 1.82) is 0 Å². The van der Waals surface area contributed by atoms with Crippen molar-refractivity contribution >= 4 is 34.5 Å². The molecule has 0 aliphatic carbocycles. The van der Waals surface area contributed by atoms with Crippen LogP contribution in [0.2, 0.25) is 5.02 Å². The summed E-state index contributed by atoms with van der Waals surface area (Å²) in [4.78, 5) is 16.8. The van der Waals surface area contributed by atoms with Gasteiger partial charge in [0.15, 0.2) is 0 Å². The maximum absolute atomic E-state index is 12.3. The number of ether oxygens (including phenoxy) is 1. The number of nitrogens with zero attached hydrogens (tertiary/aromatic N) is 1. The molecule has 4 nitrogen and oxygen atoms in total. The molecule has 0 spiro atoms. The second-order valence-corrected chi connectivity index (χ2v) is 7.09. The number of carbonyl (C=O) groups is 1. The summed E-state index contributed by atoms with van der Waals surface area (Å²) in [5.74, 6) is 0.668. The first-order chi connectivity index (χ1) is 12.6. The molecule has 1 aromatic heterocycles. The molecule has 3 rings (SSSR count). The first-order valence-electron chi connectivity index (χ1n) is 8.33. The number of hydrogen-bond acceptors (Lipinski definition) is 4. The average molecular weight is 387 g/mol. The van der Waals surface area contributed by atoms with Crippen LogP contribution in [-0.2, 0) is 24.2 Å². The molecule has 0 aliphatic heterocycles. The van der Waals surface area contributed by atoms with Crippen LogP contribution in [0.4, 0.5) is 5.69 Å². The standard InChI is InChI=1S/C20H19ClN2O2S/c1-2-14-5-3-4-6-18(14)23-19(24)11-16-13-26-20(22-16)12-25-17-9-7-15(21)8-10-17/h3-10,13H,2,11-12H2,1H3,(H,23,24). The van der Waals surface area contributed by atoms with Gasteiger partial charge in [0.2, 0.25) is 5.91 Å². The molecular formula is C20H19ClN2O2S. The minimum Gasteiger partial charge on any atom is -0.486 e. The number of anilines is 1. The summed E-state index contributed by atoms with van der Waals surface area (Å²) in [7, 11) is 0. The number of nitrogens with one attached hydrogen (secondary N) is 1. The minimum absolute atomic E-state index is 0.0682. The van der Waals surface area contributed by atoms with Gasteiger partial charge in [0.05, 0.1) is 12.1 Å². The van der Waals surface area contributed by atoms with Gasteiger partial charge >= 0.3 is 0 Å². The topological polar surface area (TPSA) is 51.2 Å². The van der Waals surface area contributed by atoms with E-state index in [1.165, 1.54) is 11.3 Å². The Kier molecular flexibility index (Phi) is 6.26. The second kappa shape index (κ2) is 8.83. The van der Waals surface area contributed by atoms with E-state index in [9.17, 15) is 4.79 Å². The van der Waals surface area contributed by atoms with Crippen molar-refractivity contribution in [3.05, 3.63) is 75.2 Å². The summed E-state index contributed by atoms with van der Waals surface area (Å²) in [5, 5.41) is 6.36. The normalized spacial score (nSPS) is 10.5. The van der Waals surface area contributed by atoms with Gasteiger partial charge in [0.25, 0.3) is 0 Å². The number of amides is 1. The van der Waals surface area contributed by atoms with E-state index in [-0.39, 0.29) is 12.3 Å². The molecule has 134 valence electrons. The Labute approximate surface area is 161 Å². The maximum Gasteiger partial charge on any atom is 0.230 e. The lowest BCUT2D eigenvalue weighted by molar-refractivity contribution is -0.115. The fourth-order valence-electron chi connectivity index (χ4n) is 2.48. The number of benzene rings is 2. The highest BCUT2D eigenvalue weighted by Gasteiger charge is 2.10. The molecule has 0 saturated carbocycles. The minimum atomic E-state index is -0.0682. The van der Waals surface area contributed by atoms with Gasteiger partial charge in [-0.25, -0.2) is 4.98 Å². The Morgan fingerprint density at radius 3 is 2.73 bits per heavy atom. The van der Waals surface area contributed by atoms with E-state index in [4.69, 9.17) is 16.3 Å². The first kappa shape index (κ1) is 18.4. The van der Waals surface area contributed by atoms with Crippen molar-refractivity contribution in [3.63, 3.8) is 0 Å². The molecule has 0 saturated heterocycles. The lowest BCUT2D eigenvalue weighted by Crippen LogP contribution is -2.15. The molecule has 6 heteroatoms. The SMILES string of the molecule is CCc1ccccc1NC(=O)Cc1csc(COc2ccc(Cl)cc2)n1. The number of para-hydroxylation sites is 1. The summed E-state index contributed by atoms with van der Waals surface area (Å²) >= 11 is 7.34. The molecule has 0 aliphatic rings. The first-order valence-corrected chi connectivity index (χ1v) is 9.59. The Hall–Kier alpha value is -2.37. The van der Waals surface area contributed by atoms with Crippen LogP contribution < -0.4 is 10.1 Å². The van der Waals surface area contributed by atoms with Gasteiger partial charge in [-0.2, -0.15) is 0 Å². The molecule has 3 aromatic rings. The third-order valence-corrected chi connectivity index (χ3v) is 4.91. The molecule has 0 unspecified atom stereocenters. The van der Waals surface area contributed by atoms with Crippen LogP contribution in [0.25, 0.3) is 0 Å². The van der Waals surface area contributed by atoms with Gasteiger partial charge in [-0.15, -0.1) is 11.3 Å². The van der Waals surface area contributed by atoms with Crippen molar-refractivity contribution in [2.75, 3.05) is 5.32 Å². The molecular weight excluding hydrogens is 368 g/mol. The molecule has 1 amide bonds. The van der Waals surface area contributed by atoms with Gasteiger partial charge in [-0.05, 0) is 42.3 Å². The predicted molar refractivity (Wildman–Crippen MR) is 106 cm³/mol. The number of rotatable bonds is 7. The quantitative estimate of drug-likeness (QED) is 0.613. The summed E-state index contributed by atoms with van der Waals surface area (Å²) in [6.45, 7) is 2.44. The van der Waals surface area contributed by atoms with Crippen LogP contribution >= 0.6 is 22.9 Å². The number of halogens is 1. The molecule has 0 radical (unpaired) electrons. The molecule has 0 fully saturated rings. The van der Waals surface area contributed by atoms with E-state index in [0.29, 0.717) is 11.6 Å². The highest BCUT2D eigenvalue weighted by atomic mass is 35.5. The lowest BCUT2D eigenvalue weighted by atomic mass is 10.1. The number of hydrogen-bond donors (Lipinski definition) is 1. The van der Waals surface area contributed by atoms with E-state index in [2.05, 4.69) is 17.2 Å². The van der Waals surface area contributed by atoms with Crippen LogP contribution in [-0.4, -0.2) is 10.9 Å². The predicted octanol–water partition coefficient (Wildman–Crippen LogP) is 5.12. The van der Waals surface area contributed by atoms with Crippen molar-refractivity contribution < 1.29 is 9.53 Å². The zero-order valence-electron chi connectivity index (χ0n) is 14.4. The Bertz CT molecular complexity index is 878. The van der Waals surface area contributed by atoms with Crippen molar-refractivity contribution in [2.45, 2.75) is 26.4 Å². The number of thiazole rings is 1. The van der Waals surface area contributed by atoms with Crippen LogP contribution in [0.15, 0.2) is 53.9 Å². The van der Waals surface area contributed by atoms with E-state index in [1.807, 2.05) is 41.8 Å². The number of aromatic nitrogens is 1. The zero-order chi connectivity index (χ0) is 18.4. The Morgan fingerprint density at radius 1 is 1.19 bits per heavy atom. The van der Waals surface area contributed by atoms with Gasteiger partial charge in [0, 0.05) is 16.1 Å². The van der Waals surface area contributed by atoms with Crippen LogP contribution in [0, 0.1) is 0 Å². The lowest BCUT2D eigenvalue weighted by Gasteiger charge is -2.08. The third kappa shape index (κ3) is 5.07. The molecule has 1 heterocycles. The summed E-state index contributed by atoms with van der Waals surface area (Å²) < 4.78 is 5.68. The number of carbonyl (C=O) groups excluding carboxylic acids is 1.